The van der Waals surface area contributed by atoms with Crippen molar-refractivity contribution in [3.05, 3.63) is 29.3 Å². The molecular formula is C18H25ClN2O3. The Kier molecular flexibility index (Phi) is 6.91. The lowest BCUT2D eigenvalue weighted by Gasteiger charge is -2.33. The lowest BCUT2D eigenvalue weighted by molar-refractivity contribution is -0.141. The quantitative estimate of drug-likeness (QED) is 0.856. The summed E-state index contributed by atoms with van der Waals surface area (Å²) in [6, 6.07) is 6.95. The summed E-state index contributed by atoms with van der Waals surface area (Å²) in [5, 5.41) is 3.56. The van der Waals surface area contributed by atoms with Crippen LogP contribution in [0.2, 0.25) is 5.02 Å². The summed E-state index contributed by atoms with van der Waals surface area (Å²) in [6.45, 7) is 5.68. The van der Waals surface area contributed by atoms with Crippen LogP contribution >= 0.6 is 11.6 Å². The number of ether oxygens (including phenoxy) is 1. The number of likely N-dealkylation sites (tertiary alicyclic amines) is 1. The summed E-state index contributed by atoms with van der Waals surface area (Å²) in [5.41, 5.74) is 0. The molecule has 1 aliphatic rings. The zero-order valence-corrected chi connectivity index (χ0v) is 15.0. The van der Waals surface area contributed by atoms with E-state index in [9.17, 15) is 9.59 Å². The van der Waals surface area contributed by atoms with E-state index in [0.717, 1.165) is 6.42 Å². The third-order valence-electron chi connectivity index (χ3n) is 4.20. The highest BCUT2D eigenvalue weighted by Gasteiger charge is 2.29. The zero-order chi connectivity index (χ0) is 17.5. The SMILES string of the molecule is CCCNC(=O)C1CCN(C(=O)C(C)Oc2ccc(Cl)cc2)CC1. The van der Waals surface area contributed by atoms with Gasteiger partial charge >= 0.3 is 0 Å². The van der Waals surface area contributed by atoms with Crippen molar-refractivity contribution in [1.82, 2.24) is 10.2 Å². The zero-order valence-electron chi connectivity index (χ0n) is 14.3. The van der Waals surface area contributed by atoms with Gasteiger partial charge in [0.05, 0.1) is 0 Å². The van der Waals surface area contributed by atoms with Gasteiger partial charge in [0, 0.05) is 30.6 Å². The van der Waals surface area contributed by atoms with Crippen molar-refractivity contribution in [2.45, 2.75) is 39.2 Å². The first-order valence-corrected chi connectivity index (χ1v) is 8.87. The van der Waals surface area contributed by atoms with Crippen LogP contribution in [0, 0.1) is 5.92 Å². The third-order valence-corrected chi connectivity index (χ3v) is 4.45. The van der Waals surface area contributed by atoms with Crippen LogP contribution in [0.4, 0.5) is 0 Å². The van der Waals surface area contributed by atoms with Crippen molar-refractivity contribution in [2.75, 3.05) is 19.6 Å². The number of carbonyl (C=O) groups is 2. The molecule has 6 heteroatoms. The highest BCUT2D eigenvalue weighted by atomic mass is 35.5. The first-order valence-electron chi connectivity index (χ1n) is 8.50. The smallest absolute Gasteiger partial charge is 0.263 e. The molecule has 1 unspecified atom stereocenters. The van der Waals surface area contributed by atoms with E-state index in [-0.39, 0.29) is 17.7 Å². The van der Waals surface area contributed by atoms with Crippen molar-refractivity contribution in [2.24, 2.45) is 5.92 Å². The Bertz CT molecular complexity index is 554. The number of carbonyl (C=O) groups excluding carboxylic acids is 2. The van der Waals surface area contributed by atoms with E-state index in [4.69, 9.17) is 16.3 Å². The number of rotatable bonds is 6. The third kappa shape index (κ3) is 5.13. The molecule has 24 heavy (non-hydrogen) atoms. The summed E-state index contributed by atoms with van der Waals surface area (Å²) >= 11 is 5.84. The number of hydrogen-bond donors (Lipinski definition) is 1. The predicted octanol–water partition coefficient (Wildman–Crippen LogP) is 2.87. The molecule has 0 bridgehead atoms. The van der Waals surface area contributed by atoms with Gasteiger partial charge in [-0.05, 0) is 50.5 Å². The Morgan fingerprint density at radius 1 is 1.29 bits per heavy atom. The van der Waals surface area contributed by atoms with Gasteiger partial charge in [-0.25, -0.2) is 0 Å². The molecule has 0 aliphatic carbocycles. The summed E-state index contributed by atoms with van der Waals surface area (Å²) in [4.78, 5) is 26.3. The average Bonchev–Trinajstić information content (AvgIpc) is 2.61. The Morgan fingerprint density at radius 2 is 1.92 bits per heavy atom. The van der Waals surface area contributed by atoms with Gasteiger partial charge in [-0.3, -0.25) is 9.59 Å². The molecule has 2 rings (SSSR count). The monoisotopic (exact) mass is 352 g/mol. The van der Waals surface area contributed by atoms with Crippen LogP contribution in [-0.4, -0.2) is 42.5 Å². The Morgan fingerprint density at radius 3 is 2.50 bits per heavy atom. The second-order valence-electron chi connectivity index (χ2n) is 6.10. The van der Waals surface area contributed by atoms with Crippen LogP contribution in [-0.2, 0) is 9.59 Å². The molecule has 132 valence electrons. The number of benzene rings is 1. The van der Waals surface area contributed by atoms with E-state index in [1.807, 2.05) is 6.92 Å². The van der Waals surface area contributed by atoms with Crippen molar-refractivity contribution >= 4 is 23.4 Å². The summed E-state index contributed by atoms with van der Waals surface area (Å²) in [5.74, 6) is 0.689. The maximum absolute atomic E-state index is 12.5. The fraction of sp³-hybridized carbons (Fsp3) is 0.556. The summed E-state index contributed by atoms with van der Waals surface area (Å²) < 4.78 is 5.68. The molecule has 0 saturated carbocycles. The fourth-order valence-electron chi connectivity index (χ4n) is 2.78. The lowest BCUT2D eigenvalue weighted by Crippen LogP contribution is -2.47. The molecule has 2 amide bonds. The predicted molar refractivity (Wildman–Crippen MR) is 94.1 cm³/mol. The molecular weight excluding hydrogens is 328 g/mol. The molecule has 1 aromatic carbocycles. The topological polar surface area (TPSA) is 58.6 Å². The maximum atomic E-state index is 12.5. The largest absolute Gasteiger partial charge is 0.481 e. The minimum absolute atomic E-state index is 0.00749. The van der Waals surface area contributed by atoms with E-state index in [1.165, 1.54) is 0 Å². The van der Waals surface area contributed by atoms with Crippen LogP contribution in [0.5, 0.6) is 5.75 Å². The molecule has 1 heterocycles. The number of amides is 2. The molecule has 1 fully saturated rings. The van der Waals surface area contributed by atoms with Crippen molar-refractivity contribution in [3.63, 3.8) is 0 Å². The van der Waals surface area contributed by atoms with E-state index in [1.54, 1.807) is 36.1 Å². The first-order chi connectivity index (χ1) is 11.5. The normalized spacial score (nSPS) is 16.5. The second kappa shape index (κ2) is 8.92. The van der Waals surface area contributed by atoms with Gasteiger partial charge in [0.1, 0.15) is 5.75 Å². The van der Waals surface area contributed by atoms with Crippen LogP contribution in [0.1, 0.15) is 33.1 Å². The van der Waals surface area contributed by atoms with E-state index >= 15 is 0 Å². The van der Waals surface area contributed by atoms with E-state index in [0.29, 0.717) is 43.2 Å². The lowest BCUT2D eigenvalue weighted by atomic mass is 9.95. The molecule has 1 aliphatic heterocycles. The summed E-state index contributed by atoms with van der Waals surface area (Å²) in [6.07, 6.45) is 1.78. The van der Waals surface area contributed by atoms with Gasteiger partial charge in [0.2, 0.25) is 5.91 Å². The molecule has 5 nitrogen and oxygen atoms in total. The van der Waals surface area contributed by atoms with Gasteiger partial charge in [0.15, 0.2) is 6.10 Å². The Hall–Kier alpha value is -1.75. The minimum atomic E-state index is -0.559. The van der Waals surface area contributed by atoms with Crippen LogP contribution < -0.4 is 10.1 Å². The maximum Gasteiger partial charge on any atom is 0.263 e. The van der Waals surface area contributed by atoms with E-state index in [2.05, 4.69) is 5.32 Å². The van der Waals surface area contributed by atoms with Crippen LogP contribution in [0.3, 0.4) is 0 Å². The fourth-order valence-corrected chi connectivity index (χ4v) is 2.91. The van der Waals surface area contributed by atoms with Gasteiger partial charge in [-0.1, -0.05) is 18.5 Å². The molecule has 0 aromatic heterocycles. The molecule has 0 radical (unpaired) electrons. The molecule has 1 N–H and O–H groups in total. The Balaban J connectivity index is 1.81. The molecule has 1 saturated heterocycles. The second-order valence-corrected chi connectivity index (χ2v) is 6.54. The number of nitrogens with zero attached hydrogens (tertiary/aromatic N) is 1. The van der Waals surface area contributed by atoms with Crippen LogP contribution in [0.25, 0.3) is 0 Å². The number of piperidine rings is 1. The summed E-state index contributed by atoms with van der Waals surface area (Å²) in [7, 11) is 0. The van der Waals surface area contributed by atoms with Gasteiger partial charge < -0.3 is 15.0 Å². The first kappa shape index (κ1) is 18.6. The van der Waals surface area contributed by atoms with Crippen molar-refractivity contribution < 1.29 is 14.3 Å². The Labute approximate surface area is 148 Å². The molecule has 1 aromatic rings. The van der Waals surface area contributed by atoms with Crippen molar-refractivity contribution in [3.8, 4) is 5.75 Å². The standard InChI is InChI=1S/C18H25ClN2O3/c1-3-10-20-17(22)14-8-11-21(12-9-14)18(23)13(2)24-16-6-4-15(19)5-7-16/h4-7,13-14H,3,8-12H2,1-2H3,(H,20,22). The van der Waals surface area contributed by atoms with Crippen LogP contribution in [0.15, 0.2) is 24.3 Å². The van der Waals surface area contributed by atoms with Gasteiger partial charge in [-0.2, -0.15) is 0 Å². The molecule has 1 atom stereocenters. The minimum Gasteiger partial charge on any atom is -0.481 e. The molecule has 0 spiro atoms. The van der Waals surface area contributed by atoms with E-state index < -0.39 is 6.10 Å². The van der Waals surface area contributed by atoms with Gasteiger partial charge in [0.25, 0.3) is 5.91 Å². The van der Waals surface area contributed by atoms with Crippen molar-refractivity contribution in [1.29, 1.82) is 0 Å². The average molecular weight is 353 g/mol. The number of halogens is 1. The highest BCUT2D eigenvalue weighted by Crippen LogP contribution is 2.20. The van der Waals surface area contributed by atoms with Gasteiger partial charge in [-0.15, -0.1) is 0 Å². The number of nitrogens with one attached hydrogen (secondary N) is 1. The highest BCUT2D eigenvalue weighted by molar-refractivity contribution is 6.30. The number of hydrogen-bond acceptors (Lipinski definition) is 3.